The third kappa shape index (κ3) is 26.5. The van der Waals surface area contributed by atoms with Crippen LogP contribution in [0.1, 0.15) is 79.8 Å². The minimum atomic E-state index is -2.20. The minimum absolute atomic E-state index is 0.0625. The number of carbonyl (C=O) groups excluding carboxylic acids is 12. The maximum Gasteiger partial charge on any atom is 0.322 e. The van der Waals surface area contributed by atoms with Gasteiger partial charge < -0.3 is 174 Å². The molecule has 4 aliphatic rings. The number of carboxylic acid groups (broad SMARTS) is 2. The zero-order valence-electron chi connectivity index (χ0n) is 62.2. The Hall–Kier alpha value is -8.97. The molecule has 4 fully saturated rings. The highest BCUT2D eigenvalue weighted by Gasteiger charge is 2.55. The number of carboxylic acids is 2. The molecule has 638 valence electrons. The predicted octanol–water partition coefficient (Wildman–Crippen LogP) is -15.9. The molecule has 4 saturated heterocycles. The van der Waals surface area contributed by atoms with Crippen molar-refractivity contribution < 1.29 is 167 Å². The number of amides is 12. The third-order valence-corrected chi connectivity index (χ3v) is 18.4. The summed E-state index contributed by atoms with van der Waals surface area (Å²) < 4.78 is 36.5. The van der Waals surface area contributed by atoms with Gasteiger partial charge in [0.1, 0.15) is 134 Å². The molecule has 0 bridgehead atoms. The van der Waals surface area contributed by atoms with Crippen LogP contribution in [0.15, 0.2) is 12.5 Å². The van der Waals surface area contributed by atoms with Gasteiger partial charge in [-0.3, -0.25) is 67.1 Å². The number of hydrogen-bond acceptors (Lipinski definition) is 34. The molecular formula is C64H103N15O34. The number of hydrogen-bond donors (Lipinski definition) is 27. The van der Waals surface area contributed by atoms with Crippen molar-refractivity contribution in [2.75, 3.05) is 46.1 Å². The van der Waals surface area contributed by atoms with Crippen LogP contribution >= 0.6 is 0 Å². The molecule has 28 N–H and O–H groups in total. The number of H-pyrrole nitrogens is 1. The van der Waals surface area contributed by atoms with Crippen LogP contribution in [0, 0.1) is 0 Å². The normalized spacial score (nSPS) is 28.2. The number of nitrogens with zero attached hydrogens (tertiary/aromatic N) is 2. The number of aromatic nitrogens is 2. The summed E-state index contributed by atoms with van der Waals surface area (Å²) >= 11 is 0. The second-order valence-electron chi connectivity index (χ2n) is 27.2. The Kier molecular flexibility index (Phi) is 36.9. The summed E-state index contributed by atoms with van der Waals surface area (Å²) in [6.07, 6.45) is -29.8. The standard InChI is InChI=1S/C64H103N15O34/c1-22(84)40(65)58(104)72-30(10-11-38(90)91)53(99)76-42(24(3)86)60(106)77-41(23(2)85)59(105)75-32(16-80)55(101)73-31(13-29-14-66-21-68-29)54(100)74-33(17-81)56(102)78-43(61(107)79-12-8-9-34(79)57(103)67-15-39(92)93)25(4)109-64-46(71-28(7)89)52(113-63-45(70-27(6)88)51(98)48(95)36(19-83)111-63)49(96)37(112-64)20-108-62-44(69-26(5)87)50(97)47(94)35(18-82)110-62/h14,21-25,30-37,40-52,62-64,80-86,94-98H,8-13,15-20,65H2,1-7H3,(H,66,68)(H,67,103)(H,69,87)(H,70,88)(H,71,89)(H,72,104)(H,73,101)(H,74,100)(H,75,105)(H,76,99)(H,77,106)(H,78,102)(H,90,91)(H,92,93)/t22-,23-,24-,25-,30+,31+,32+,33+,34+,35-,36-,37-,40+,41+,42+,43+,44-,45-,46-,47-,48-,49+,50-,51-,52-,62-,63+,64+/m1/s1. The fourth-order valence-electron chi connectivity index (χ4n) is 12.3. The first kappa shape index (κ1) is 94.6. The molecule has 28 atom stereocenters. The van der Waals surface area contributed by atoms with E-state index in [0.717, 1.165) is 59.7 Å². The van der Waals surface area contributed by atoms with Crippen LogP contribution in [-0.4, -0.2) is 386 Å². The highest BCUT2D eigenvalue weighted by atomic mass is 16.7. The zero-order valence-corrected chi connectivity index (χ0v) is 62.2. The summed E-state index contributed by atoms with van der Waals surface area (Å²) in [7, 11) is 0. The Labute approximate surface area is 642 Å². The van der Waals surface area contributed by atoms with Crippen molar-refractivity contribution in [3.05, 3.63) is 18.2 Å². The van der Waals surface area contributed by atoms with Gasteiger partial charge in [0, 0.05) is 52.0 Å². The molecule has 0 unspecified atom stereocenters. The van der Waals surface area contributed by atoms with Gasteiger partial charge in [0.05, 0.1) is 63.8 Å². The lowest BCUT2D eigenvalue weighted by Crippen LogP contribution is -2.70. The molecule has 0 aliphatic carbocycles. The van der Waals surface area contributed by atoms with Gasteiger partial charge in [-0.25, -0.2) is 4.98 Å². The first-order valence-corrected chi connectivity index (χ1v) is 35.5. The second kappa shape index (κ2) is 44.1. The summed E-state index contributed by atoms with van der Waals surface area (Å²) in [4.78, 5) is 195. The number of aliphatic hydroxyl groups excluding tert-OH is 12. The Morgan fingerprint density at radius 3 is 1.54 bits per heavy atom. The first-order valence-electron chi connectivity index (χ1n) is 35.5. The number of carbonyl (C=O) groups is 14. The fraction of sp³-hybridized carbons (Fsp3) is 0.734. The Bertz CT molecular complexity index is 3420. The van der Waals surface area contributed by atoms with Crippen molar-refractivity contribution in [1.29, 1.82) is 0 Å². The quantitative estimate of drug-likeness (QED) is 0.0289. The lowest BCUT2D eigenvalue weighted by atomic mass is 9.94. The van der Waals surface area contributed by atoms with Crippen LogP contribution in [0.5, 0.6) is 0 Å². The Morgan fingerprint density at radius 1 is 0.566 bits per heavy atom. The molecule has 49 heteroatoms. The first-order chi connectivity index (χ1) is 53.1. The van der Waals surface area contributed by atoms with Gasteiger partial charge >= 0.3 is 11.9 Å². The maximum absolute atomic E-state index is 15.3. The van der Waals surface area contributed by atoms with Crippen LogP contribution in [0.25, 0.3) is 0 Å². The number of rotatable bonds is 41. The Morgan fingerprint density at radius 2 is 1.04 bits per heavy atom. The fourth-order valence-corrected chi connectivity index (χ4v) is 12.3. The van der Waals surface area contributed by atoms with Crippen molar-refractivity contribution in [3.63, 3.8) is 0 Å². The van der Waals surface area contributed by atoms with E-state index in [1.165, 1.54) is 6.20 Å². The van der Waals surface area contributed by atoms with Crippen molar-refractivity contribution in [2.24, 2.45) is 5.73 Å². The van der Waals surface area contributed by atoms with Gasteiger partial charge in [-0.05, 0) is 47.0 Å². The third-order valence-electron chi connectivity index (χ3n) is 18.4. The maximum atomic E-state index is 15.3. The molecule has 0 aromatic carbocycles. The van der Waals surface area contributed by atoms with Gasteiger partial charge in [-0.15, -0.1) is 0 Å². The van der Waals surface area contributed by atoms with E-state index < -0.39 is 312 Å². The average Bonchev–Trinajstić information content (AvgIpc) is 1.15. The number of likely N-dealkylation sites (tertiary alicyclic amines) is 1. The lowest BCUT2D eigenvalue weighted by Gasteiger charge is -2.49. The predicted molar refractivity (Wildman–Crippen MR) is 370 cm³/mol. The highest BCUT2D eigenvalue weighted by Crippen LogP contribution is 2.33. The van der Waals surface area contributed by atoms with Crippen LogP contribution < -0.4 is 64.2 Å². The number of nitrogens with two attached hydrogens (primary N) is 1. The average molecular weight is 1630 g/mol. The summed E-state index contributed by atoms with van der Waals surface area (Å²) in [5, 5.41) is 173. The molecule has 0 spiro atoms. The van der Waals surface area contributed by atoms with Crippen molar-refractivity contribution in [1.82, 2.24) is 73.4 Å². The molecule has 1 aromatic rings. The number of aromatic amines is 1. The SMILES string of the molecule is CC(=O)N[C@H]1[C@H](OC[C@H]2O[C@H](O[C@H](C)[C@H](NC(=O)[C@H](CO)NC(=O)[C@H](Cc3cnc[nH]3)NC(=O)[C@H](CO)NC(=O)[C@@H](NC(=O)[C@@H](NC(=O)[C@H](CCC(=O)O)NC(=O)[C@@H](N)[C@@H](C)O)[C@@H](C)O)[C@@H](C)O)C(=O)N3CCC[C@H]3C(=O)NCC(=O)O)[C@H](NC(C)=O)[C@@H](O[C@@H]3O[C@H](CO)[C@@H](O)[C@H](O)[C@H]3NC(C)=O)[C@H]2O)O[C@H](CO)[C@@H](O)[C@@H]1O. The van der Waals surface area contributed by atoms with Crippen molar-refractivity contribution in [3.8, 4) is 0 Å². The highest BCUT2D eigenvalue weighted by molar-refractivity contribution is 5.99. The van der Waals surface area contributed by atoms with E-state index in [-0.39, 0.29) is 25.1 Å². The molecule has 5 rings (SSSR count). The molecule has 1 aromatic heterocycles. The van der Waals surface area contributed by atoms with Crippen LogP contribution in [0.2, 0.25) is 0 Å². The number of aliphatic hydroxyl groups is 12. The van der Waals surface area contributed by atoms with Gasteiger partial charge in [0.2, 0.25) is 70.9 Å². The molecule has 4 aliphatic heterocycles. The number of imidazole rings is 1. The van der Waals surface area contributed by atoms with Crippen LogP contribution in [-0.2, 0) is 102 Å². The summed E-state index contributed by atoms with van der Waals surface area (Å²) in [5.74, 6) is -17.2. The molecular weight excluding hydrogens is 1520 g/mol. The van der Waals surface area contributed by atoms with Crippen LogP contribution in [0.4, 0.5) is 0 Å². The number of ether oxygens (including phenoxy) is 6. The van der Waals surface area contributed by atoms with Gasteiger partial charge in [0.15, 0.2) is 18.9 Å². The molecule has 12 amide bonds. The van der Waals surface area contributed by atoms with Crippen molar-refractivity contribution >= 4 is 82.8 Å². The largest absolute Gasteiger partial charge is 0.481 e. The Balaban J connectivity index is 1.50. The summed E-state index contributed by atoms with van der Waals surface area (Å²) in [5.41, 5.74) is 5.73. The van der Waals surface area contributed by atoms with E-state index in [0.29, 0.717) is 0 Å². The second-order valence-corrected chi connectivity index (χ2v) is 27.2. The monoisotopic (exact) mass is 1630 g/mol. The van der Waals surface area contributed by atoms with Gasteiger partial charge in [-0.1, -0.05) is 0 Å². The molecule has 0 saturated carbocycles. The van der Waals surface area contributed by atoms with E-state index in [4.69, 9.17) is 34.2 Å². The molecule has 0 radical (unpaired) electrons. The van der Waals surface area contributed by atoms with E-state index in [1.807, 2.05) is 0 Å². The molecule has 113 heavy (non-hydrogen) atoms. The summed E-state index contributed by atoms with van der Waals surface area (Å²) in [6.45, 7) is 0.354. The minimum Gasteiger partial charge on any atom is -0.481 e. The van der Waals surface area contributed by atoms with Gasteiger partial charge in [-0.2, -0.15) is 0 Å². The van der Waals surface area contributed by atoms with E-state index in [1.54, 1.807) is 0 Å². The summed E-state index contributed by atoms with van der Waals surface area (Å²) in [6, 6.07) is -22.8. The number of nitrogens with one attached hydrogen (secondary N) is 12. The van der Waals surface area contributed by atoms with Crippen molar-refractivity contribution in [2.45, 2.75) is 251 Å². The number of aliphatic carboxylic acids is 2. The lowest BCUT2D eigenvalue weighted by molar-refractivity contribution is -0.339. The van der Waals surface area contributed by atoms with E-state index >= 15 is 4.79 Å². The molecule has 5 heterocycles. The topological polar surface area (TPSA) is 768 Å². The van der Waals surface area contributed by atoms with Crippen LogP contribution in [0.3, 0.4) is 0 Å². The molecule has 49 nitrogen and oxygen atoms in total. The van der Waals surface area contributed by atoms with E-state index in [9.17, 15) is 134 Å². The smallest absolute Gasteiger partial charge is 0.322 e. The zero-order chi connectivity index (χ0) is 84.7. The van der Waals surface area contributed by atoms with Gasteiger partial charge in [0.25, 0.3) is 0 Å². The van der Waals surface area contributed by atoms with E-state index in [2.05, 4.69) is 68.5 Å².